The largest absolute Gasteiger partial charge is 0.457 e. The van der Waals surface area contributed by atoms with E-state index in [1.54, 1.807) is 0 Å². The first-order chi connectivity index (χ1) is 12.3. The molecule has 1 N–H and O–H groups in total. The third-order valence-corrected chi connectivity index (χ3v) is 4.29. The summed E-state index contributed by atoms with van der Waals surface area (Å²) in [7, 11) is 0. The van der Waals surface area contributed by atoms with E-state index in [1.165, 1.54) is 11.1 Å². The van der Waals surface area contributed by atoms with Gasteiger partial charge in [0.2, 0.25) is 0 Å². The van der Waals surface area contributed by atoms with Crippen LogP contribution in [0.4, 0.5) is 0 Å². The third-order valence-electron chi connectivity index (χ3n) is 4.29. The Morgan fingerprint density at radius 3 is 2.19 bits per heavy atom. The van der Waals surface area contributed by atoms with Crippen molar-refractivity contribution in [1.29, 1.82) is 0 Å². The fourth-order valence-electron chi connectivity index (χ4n) is 2.82. The maximum Gasteiger partial charge on any atom is 0.127 e. The van der Waals surface area contributed by atoms with Crippen LogP contribution >= 0.6 is 12.4 Å². The summed E-state index contributed by atoms with van der Waals surface area (Å²) in [6.07, 6.45) is 1.06. The highest BCUT2D eigenvalue weighted by Gasteiger charge is 2.07. The summed E-state index contributed by atoms with van der Waals surface area (Å²) in [5, 5.41) is 3.56. The second-order valence-electron chi connectivity index (χ2n) is 6.33. The summed E-state index contributed by atoms with van der Waals surface area (Å²) < 4.78 is 5.93. The van der Waals surface area contributed by atoms with Gasteiger partial charge in [0, 0.05) is 6.54 Å². The van der Waals surface area contributed by atoms with Crippen molar-refractivity contribution in [2.45, 2.75) is 19.3 Å². The maximum absolute atomic E-state index is 5.93. The van der Waals surface area contributed by atoms with Crippen molar-refractivity contribution in [2.24, 2.45) is 0 Å². The summed E-state index contributed by atoms with van der Waals surface area (Å²) in [6, 6.07) is 28.9. The number of para-hydroxylation sites is 1. The Hall–Kier alpha value is -2.29. The van der Waals surface area contributed by atoms with Gasteiger partial charge in [-0.15, -0.1) is 12.4 Å². The predicted octanol–water partition coefficient (Wildman–Crippen LogP) is 5.84. The lowest BCUT2D eigenvalue weighted by molar-refractivity contribution is 0.481. The van der Waals surface area contributed by atoms with E-state index in [4.69, 9.17) is 4.74 Å². The maximum atomic E-state index is 5.93. The molecular weight excluding hydrogens is 342 g/mol. The van der Waals surface area contributed by atoms with Gasteiger partial charge >= 0.3 is 0 Å². The summed E-state index contributed by atoms with van der Waals surface area (Å²) >= 11 is 0. The second kappa shape index (κ2) is 10.6. The highest BCUT2D eigenvalue weighted by atomic mass is 35.5. The molecule has 0 saturated heterocycles. The molecule has 0 aromatic heterocycles. The smallest absolute Gasteiger partial charge is 0.127 e. The third kappa shape index (κ3) is 6.21. The van der Waals surface area contributed by atoms with E-state index < -0.39 is 0 Å². The quantitative estimate of drug-likeness (QED) is 0.505. The van der Waals surface area contributed by atoms with Crippen molar-refractivity contribution in [3.8, 4) is 11.5 Å². The van der Waals surface area contributed by atoms with Crippen molar-refractivity contribution in [1.82, 2.24) is 5.32 Å². The molecule has 0 aliphatic carbocycles. The zero-order chi connectivity index (χ0) is 17.3. The molecule has 0 amide bonds. The molecule has 3 aromatic carbocycles. The van der Waals surface area contributed by atoms with Crippen molar-refractivity contribution in [3.05, 3.63) is 96.1 Å². The standard InChI is InChI=1S/C23H25NO.ClH/c1-19(18-24-16-15-20-9-4-2-5-10-20)21-11-8-14-23(17-21)25-22-12-6-3-7-13-22;/h2-14,17,19,24H,15-16,18H2,1H3;1H. The van der Waals surface area contributed by atoms with Crippen molar-refractivity contribution < 1.29 is 4.74 Å². The number of hydrogen-bond donors (Lipinski definition) is 1. The topological polar surface area (TPSA) is 21.3 Å². The highest BCUT2D eigenvalue weighted by molar-refractivity contribution is 5.85. The van der Waals surface area contributed by atoms with E-state index in [9.17, 15) is 0 Å². The van der Waals surface area contributed by atoms with Crippen molar-refractivity contribution in [2.75, 3.05) is 13.1 Å². The van der Waals surface area contributed by atoms with Crippen LogP contribution in [0.15, 0.2) is 84.9 Å². The summed E-state index contributed by atoms with van der Waals surface area (Å²) in [6.45, 7) is 4.20. The number of rotatable bonds is 8. The minimum absolute atomic E-state index is 0. The van der Waals surface area contributed by atoms with Crippen molar-refractivity contribution >= 4 is 12.4 Å². The molecule has 0 aliphatic heterocycles. The van der Waals surface area contributed by atoms with Gasteiger partial charge in [-0.3, -0.25) is 0 Å². The minimum Gasteiger partial charge on any atom is -0.457 e. The van der Waals surface area contributed by atoms with Gasteiger partial charge in [0.05, 0.1) is 0 Å². The Bertz CT molecular complexity index is 761. The van der Waals surface area contributed by atoms with E-state index in [0.717, 1.165) is 31.0 Å². The minimum atomic E-state index is 0. The van der Waals surface area contributed by atoms with Gasteiger partial charge < -0.3 is 10.1 Å². The molecule has 0 saturated carbocycles. The van der Waals surface area contributed by atoms with Gasteiger partial charge in [0.1, 0.15) is 11.5 Å². The van der Waals surface area contributed by atoms with Gasteiger partial charge in [0.15, 0.2) is 0 Å². The molecule has 26 heavy (non-hydrogen) atoms. The Balaban J connectivity index is 0.00000243. The Morgan fingerprint density at radius 1 is 0.808 bits per heavy atom. The Labute approximate surface area is 162 Å². The molecule has 3 rings (SSSR count). The van der Waals surface area contributed by atoms with Gasteiger partial charge in [0.25, 0.3) is 0 Å². The summed E-state index contributed by atoms with van der Waals surface area (Å²) in [5.41, 5.74) is 2.67. The molecule has 0 fully saturated rings. The lowest BCUT2D eigenvalue weighted by Gasteiger charge is -2.15. The molecule has 3 heteroatoms. The van der Waals surface area contributed by atoms with Gasteiger partial charge in [-0.2, -0.15) is 0 Å². The van der Waals surface area contributed by atoms with Crippen LogP contribution in [0.1, 0.15) is 24.0 Å². The monoisotopic (exact) mass is 367 g/mol. The first-order valence-corrected chi connectivity index (χ1v) is 8.89. The molecule has 3 aromatic rings. The highest BCUT2D eigenvalue weighted by Crippen LogP contribution is 2.25. The fraction of sp³-hybridized carbons (Fsp3) is 0.217. The van der Waals surface area contributed by atoms with E-state index in [2.05, 4.69) is 60.8 Å². The Morgan fingerprint density at radius 2 is 1.46 bits per heavy atom. The summed E-state index contributed by atoms with van der Waals surface area (Å²) in [4.78, 5) is 0. The predicted molar refractivity (Wildman–Crippen MR) is 112 cm³/mol. The van der Waals surface area contributed by atoms with Crippen molar-refractivity contribution in [3.63, 3.8) is 0 Å². The van der Waals surface area contributed by atoms with Crippen LogP contribution in [0.3, 0.4) is 0 Å². The molecular formula is C23H26ClNO. The zero-order valence-corrected chi connectivity index (χ0v) is 15.9. The van der Waals surface area contributed by atoms with E-state index in [0.29, 0.717) is 5.92 Å². The number of hydrogen-bond acceptors (Lipinski definition) is 2. The molecule has 0 heterocycles. The van der Waals surface area contributed by atoms with Crippen LogP contribution in [-0.2, 0) is 6.42 Å². The molecule has 1 unspecified atom stereocenters. The molecule has 0 bridgehead atoms. The van der Waals surface area contributed by atoms with Gasteiger partial charge in [-0.05, 0) is 54.3 Å². The van der Waals surface area contributed by atoms with Gasteiger partial charge in [-0.1, -0.05) is 67.6 Å². The second-order valence-corrected chi connectivity index (χ2v) is 6.33. The van der Waals surface area contributed by atoms with E-state index >= 15 is 0 Å². The number of halogens is 1. The fourth-order valence-corrected chi connectivity index (χ4v) is 2.82. The number of nitrogens with one attached hydrogen (secondary N) is 1. The van der Waals surface area contributed by atoms with Crippen LogP contribution in [0.25, 0.3) is 0 Å². The van der Waals surface area contributed by atoms with E-state index in [1.807, 2.05) is 36.4 Å². The van der Waals surface area contributed by atoms with Crippen LogP contribution in [-0.4, -0.2) is 13.1 Å². The number of ether oxygens (including phenoxy) is 1. The van der Waals surface area contributed by atoms with Crippen LogP contribution in [0.5, 0.6) is 11.5 Å². The molecule has 0 radical (unpaired) electrons. The van der Waals surface area contributed by atoms with Crippen LogP contribution in [0.2, 0.25) is 0 Å². The van der Waals surface area contributed by atoms with E-state index in [-0.39, 0.29) is 12.4 Å². The molecule has 2 nitrogen and oxygen atoms in total. The normalized spacial score (nSPS) is 11.4. The molecule has 0 aliphatic rings. The zero-order valence-electron chi connectivity index (χ0n) is 15.1. The lowest BCUT2D eigenvalue weighted by Crippen LogP contribution is -2.22. The first kappa shape index (κ1) is 20.0. The Kier molecular flexibility index (Phi) is 8.20. The first-order valence-electron chi connectivity index (χ1n) is 8.89. The molecule has 136 valence electrons. The van der Waals surface area contributed by atoms with Crippen LogP contribution in [0, 0.1) is 0 Å². The number of benzene rings is 3. The van der Waals surface area contributed by atoms with Crippen LogP contribution < -0.4 is 10.1 Å². The molecule has 1 atom stereocenters. The molecule has 0 spiro atoms. The summed E-state index contributed by atoms with van der Waals surface area (Å²) in [5.74, 6) is 2.20. The SMILES string of the molecule is CC(CNCCc1ccccc1)c1cccc(Oc2ccccc2)c1.Cl. The lowest BCUT2D eigenvalue weighted by atomic mass is 10.0. The average molecular weight is 368 g/mol. The van der Waals surface area contributed by atoms with Gasteiger partial charge in [-0.25, -0.2) is 0 Å². The average Bonchev–Trinajstić information content (AvgIpc) is 2.67.